The Morgan fingerprint density at radius 2 is 2.21 bits per heavy atom. The van der Waals surface area contributed by atoms with Crippen LogP contribution in [0.1, 0.15) is 11.5 Å². The zero-order valence-electron chi connectivity index (χ0n) is 11.1. The molecule has 19 heavy (non-hydrogen) atoms. The van der Waals surface area contributed by atoms with Gasteiger partial charge >= 0.3 is 0 Å². The molecule has 102 valence electrons. The van der Waals surface area contributed by atoms with Crippen LogP contribution in [0.4, 0.5) is 0 Å². The number of nitrogens with zero attached hydrogens (tertiary/aromatic N) is 2. The van der Waals surface area contributed by atoms with Crippen molar-refractivity contribution in [2.75, 3.05) is 20.2 Å². The highest BCUT2D eigenvalue weighted by Gasteiger charge is 2.05. The smallest absolute Gasteiger partial charge is 0.133 e. The fraction of sp³-hybridized carbons (Fsp3) is 0.357. The normalized spacial score (nSPS) is 10.9. The molecule has 0 N–H and O–H groups in total. The first-order chi connectivity index (χ1) is 9.13. The summed E-state index contributed by atoms with van der Waals surface area (Å²) in [6, 6.07) is 9.34. The lowest BCUT2D eigenvalue weighted by Gasteiger charge is -2.15. The average molecular weight is 281 g/mol. The maximum absolute atomic E-state index is 5.89. The Morgan fingerprint density at radius 1 is 1.37 bits per heavy atom. The van der Waals surface area contributed by atoms with Gasteiger partial charge in [0.05, 0.1) is 5.69 Å². The first kappa shape index (κ1) is 13.9. The summed E-state index contributed by atoms with van der Waals surface area (Å²) in [5, 5.41) is 4.64. The molecule has 5 heteroatoms. The molecule has 0 fully saturated rings. The Morgan fingerprint density at radius 3 is 2.89 bits per heavy atom. The van der Waals surface area contributed by atoms with Crippen LogP contribution in [0.25, 0.3) is 0 Å². The highest BCUT2D eigenvalue weighted by Crippen LogP contribution is 2.16. The predicted molar refractivity (Wildman–Crippen MR) is 74.5 cm³/mol. The molecular formula is C14H17ClN2O2. The van der Waals surface area contributed by atoms with Crippen LogP contribution >= 0.6 is 11.6 Å². The average Bonchev–Trinajstić information content (AvgIpc) is 2.75. The Hall–Kier alpha value is -1.52. The Kier molecular flexibility index (Phi) is 4.82. The quantitative estimate of drug-likeness (QED) is 0.815. The topological polar surface area (TPSA) is 38.5 Å². The van der Waals surface area contributed by atoms with E-state index in [4.69, 9.17) is 20.9 Å². The van der Waals surface area contributed by atoms with Crippen molar-refractivity contribution < 1.29 is 9.26 Å². The minimum absolute atomic E-state index is 0.605. The summed E-state index contributed by atoms with van der Waals surface area (Å²) in [4.78, 5) is 2.13. The van der Waals surface area contributed by atoms with Crippen molar-refractivity contribution in [1.29, 1.82) is 0 Å². The molecule has 0 aliphatic rings. The predicted octanol–water partition coefficient (Wildman–Crippen LogP) is 3.15. The number of aryl methyl sites for hydroxylation is 1. The van der Waals surface area contributed by atoms with Gasteiger partial charge in [0.25, 0.3) is 0 Å². The van der Waals surface area contributed by atoms with Crippen LogP contribution in [-0.4, -0.2) is 30.3 Å². The molecule has 0 aliphatic carbocycles. The highest BCUT2D eigenvalue weighted by molar-refractivity contribution is 6.30. The lowest BCUT2D eigenvalue weighted by Crippen LogP contribution is -2.24. The molecule has 1 heterocycles. The number of hydrogen-bond acceptors (Lipinski definition) is 4. The van der Waals surface area contributed by atoms with E-state index in [0.29, 0.717) is 11.6 Å². The first-order valence-corrected chi connectivity index (χ1v) is 6.50. The van der Waals surface area contributed by atoms with Crippen molar-refractivity contribution in [3.8, 4) is 5.75 Å². The molecule has 0 radical (unpaired) electrons. The molecule has 0 saturated heterocycles. The van der Waals surface area contributed by atoms with Crippen LogP contribution in [0.2, 0.25) is 5.02 Å². The number of hydrogen-bond donors (Lipinski definition) is 0. The highest BCUT2D eigenvalue weighted by atomic mass is 35.5. The molecule has 1 aromatic carbocycles. The van der Waals surface area contributed by atoms with Gasteiger partial charge in [-0.2, -0.15) is 0 Å². The summed E-state index contributed by atoms with van der Waals surface area (Å²) >= 11 is 5.89. The Bertz CT molecular complexity index is 528. The number of likely N-dealkylation sites (N-methyl/N-ethyl adjacent to an activating group) is 1. The molecule has 2 rings (SSSR count). The monoisotopic (exact) mass is 280 g/mol. The second kappa shape index (κ2) is 6.59. The molecule has 0 bridgehead atoms. The summed E-state index contributed by atoms with van der Waals surface area (Å²) in [7, 11) is 2.02. The Balaban J connectivity index is 1.73. The molecule has 0 atom stereocenters. The zero-order chi connectivity index (χ0) is 13.7. The van der Waals surface area contributed by atoms with Crippen molar-refractivity contribution >= 4 is 11.6 Å². The van der Waals surface area contributed by atoms with Gasteiger partial charge in [0, 0.05) is 24.2 Å². The van der Waals surface area contributed by atoms with Crippen molar-refractivity contribution in [3.63, 3.8) is 0 Å². The van der Waals surface area contributed by atoms with Gasteiger partial charge in [-0.05, 0) is 32.2 Å². The van der Waals surface area contributed by atoms with E-state index >= 15 is 0 Å². The van der Waals surface area contributed by atoms with Gasteiger partial charge < -0.3 is 9.26 Å². The van der Waals surface area contributed by atoms with Gasteiger partial charge in [0.1, 0.15) is 18.1 Å². The van der Waals surface area contributed by atoms with Gasteiger partial charge in [-0.15, -0.1) is 0 Å². The van der Waals surface area contributed by atoms with Crippen molar-refractivity contribution in [2.45, 2.75) is 13.5 Å². The summed E-state index contributed by atoms with van der Waals surface area (Å²) < 4.78 is 10.7. The third-order valence-electron chi connectivity index (χ3n) is 2.65. The van der Waals surface area contributed by atoms with E-state index in [1.54, 1.807) is 0 Å². The van der Waals surface area contributed by atoms with E-state index in [2.05, 4.69) is 10.1 Å². The number of halogens is 1. The van der Waals surface area contributed by atoms with Crippen molar-refractivity contribution in [3.05, 3.63) is 46.8 Å². The fourth-order valence-corrected chi connectivity index (χ4v) is 1.90. The first-order valence-electron chi connectivity index (χ1n) is 6.12. The van der Waals surface area contributed by atoms with Gasteiger partial charge in [-0.3, -0.25) is 4.90 Å². The van der Waals surface area contributed by atoms with Crippen LogP contribution in [0.5, 0.6) is 5.75 Å². The number of aromatic nitrogens is 1. The minimum Gasteiger partial charge on any atom is -0.492 e. The molecule has 0 saturated carbocycles. The molecule has 1 aromatic heterocycles. The lowest BCUT2D eigenvalue weighted by molar-refractivity contribution is 0.228. The zero-order valence-corrected chi connectivity index (χ0v) is 11.9. The van der Waals surface area contributed by atoms with E-state index in [1.165, 1.54) is 0 Å². The van der Waals surface area contributed by atoms with Gasteiger partial charge in [0.2, 0.25) is 0 Å². The molecule has 0 aliphatic heterocycles. The number of rotatable bonds is 6. The molecule has 0 amide bonds. The summed E-state index contributed by atoms with van der Waals surface area (Å²) in [5.41, 5.74) is 0.933. The van der Waals surface area contributed by atoms with Gasteiger partial charge in [0.15, 0.2) is 0 Å². The Labute approximate surface area is 117 Å². The van der Waals surface area contributed by atoms with Crippen LogP contribution < -0.4 is 4.74 Å². The number of ether oxygens (including phenoxy) is 1. The van der Waals surface area contributed by atoms with Gasteiger partial charge in [-0.1, -0.05) is 22.8 Å². The van der Waals surface area contributed by atoms with Crippen LogP contribution in [0, 0.1) is 6.92 Å². The summed E-state index contributed by atoms with van der Waals surface area (Å²) in [6.45, 7) is 4.04. The van der Waals surface area contributed by atoms with E-state index in [-0.39, 0.29) is 0 Å². The molecule has 4 nitrogen and oxygen atoms in total. The minimum atomic E-state index is 0.605. The number of benzene rings is 1. The van der Waals surface area contributed by atoms with E-state index in [9.17, 15) is 0 Å². The van der Waals surface area contributed by atoms with E-state index in [0.717, 1.165) is 30.3 Å². The molecular weight excluding hydrogens is 264 g/mol. The van der Waals surface area contributed by atoms with Crippen LogP contribution in [-0.2, 0) is 6.54 Å². The second-order valence-corrected chi connectivity index (χ2v) is 4.91. The maximum Gasteiger partial charge on any atom is 0.133 e. The van der Waals surface area contributed by atoms with E-state index < -0.39 is 0 Å². The third-order valence-corrected chi connectivity index (χ3v) is 2.88. The van der Waals surface area contributed by atoms with Crippen LogP contribution in [0.3, 0.4) is 0 Å². The van der Waals surface area contributed by atoms with Crippen molar-refractivity contribution in [1.82, 2.24) is 10.1 Å². The van der Waals surface area contributed by atoms with Crippen molar-refractivity contribution in [2.24, 2.45) is 0 Å². The van der Waals surface area contributed by atoms with E-state index in [1.807, 2.05) is 44.3 Å². The third kappa shape index (κ3) is 4.58. The SMILES string of the molecule is Cc1cc(CN(C)CCOc2cccc(Cl)c2)no1. The molecule has 2 aromatic rings. The second-order valence-electron chi connectivity index (χ2n) is 4.47. The maximum atomic E-state index is 5.89. The molecule has 0 unspecified atom stereocenters. The lowest BCUT2D eigenvalue weighted by atomic mass is 10.3. The summed E-state index contributed by atoms with van der Waals surface area (Å²) in [6.07, 6.45) is 0. The largest absolute Gasteiger partial charge is 0.492 e. The summed E-state index contributed by atoms with van der Waals surface area (Å²) in [5.74, 6) is 1.62. The standard InChI is InChI=1S/C14H17ClN2O2/c1-11-8-13(16-19-11)10-17(2)6-7-18-14-5-3-4-12(15)9-14/h3-5,8-9H,6-7,10H2,1-2H3. The fourth-order valence-electron chi connectivity index (χ4n) is 1.72. The van der Waals surface area contributed by atoms with Crippen LogP contribution in [0.15, 0.2) is 34.9 Å². The van der Waals surface area contributed by atoms with Gasteiger partial charge in [-0.25, -0.2) is 0 Å². The molecule has 0 spiro atoms.